The molecule has 0 spiro atoms. The molecule has 1 aromatic carbocycles. The Morgan fingerprint density at radius 1 is 1.02 bits per heavy atom. The van der Waals surface area contributed by atoms with Crippen LogP contribution in [0, 0.1) is 5.92 Å². The Balaban J connectivity index is 0.000000604. The maximum absolute atomic E-state index is 13.8. The SMILES string of the molecule is C[C@@H]1CCC[C@H](n2cnc(-c3cc(Cl)ccc3-n3cc(Cl)nn3)cc2=O)c2cc(ccn2)-c2nn(-c3cc[nH]n3)cc2NC1=O.O=C(O)C(F)(F)F. The Hall–Kier alpha value is -5.88. The third-order valence-electron chi connectivity index (χ3n) is 8.01. The quantitative estimate of drug-likeness (QED) is 0.200. The number of aromatic amines is 1. The third kappa shape index (κ3) is 7.87. The van der Waals surface area contributed by atoms with Crippen molar-refractivity contribution in [1.29, 1.82) is 0 Å². The lowest BCUT2D eigenvalue weighted by Gasteiger charge is -2.22. The van der Waals surface area contributed by atoms with Gasteiger partial charge in [0.25, 0.3) is 5.56 Å². The number of halogens is 5. The number of carbonyl (C=O) groups is 2. The smallest absolute Gasteiger partial charge is 0.475 e. The molecule has 0 saturated carbocycles. The molecule has 2 atom stereocenters. The number of carbonyl (C=O) groups excluding carboxylic acids is 1. The summed E-state index contributed by atoms with van der Waals surface area (Å²) in [5.74, 6) is -2.57. The summed E-state index contributed by atoms with van der Waals surface area (Å²) < 4.78 is 36.4. The first-order valence-corrected chi connectivity index (χ1v) is 16.2. The second-order valence-corrected chi connectivity index (χ2v) is 12.4. The molecular formula is C32H26Cl2F3N11O4. The van der Waals surface area contributed by atoms with E-state index in [0.29, 0.717) is 64.1 Å². The summed E-state index contributed by atoms with van der Waals surface area (Å²) in [4.78, 5) is 45.2. The molecule has 15 nitrogen and oxygen atoms in total. The van der Waals surface area contributed by atoms with Gasteiger partial charge in [-0.2, -0.15) is 23.4 Å². The average Bonchev–Trinajstić information content (AvgIpc) is 3.88. The van der Waals surface area contributed by atoms with Gasteiger partial charge in [-0.25, -0.2) is 19.1 Å². The topological polar surface area (TPSA) is 191 Å². The largest absolute Gasteiger partial charge is 0.490 e. The normalized spacial score (nSPS) is 16.1. The molecule has 6 aromatic rings. The molecule has 52 heavy (non-hydrogen) atoms. The molecule has 0 saturated heterocycles. The Morgan fingerprint density at radius 3 is 2.48 bits per heavy atom. The van der Waals surface area contributed by atoms with Crippen LogP contribution in [0.2, 0.25) is 10.2 Å². The lowest BCUT2D eigenvalue weighted by molar-refractivity contribution is -0.192. The van der Waals surface area contributed by atoms with Crippen molar-refractivity contribution in [2.24, 2.45) is 5.92 Å². The number of fused-ring (bicyclic) bond motifs is 4. The van der Waals surface area contributed by atoms with Crippen LogP contribution in [-0.2, 0) is 9.59 Å². The van der Waals surface area contributed by atoms with Gasteiger partial charge in [-0.3, -0.25) is 24.2 Å². The van der Waals surface area contributed by atoms with E-state index in [4.69, 9.17) is 38.2 Å². The summed E-state index contributed by atoms with van der Waals surface area (Å²) in [6.45, 7) is 1.89. The van der Waals surface area contributed by atoms with E-state index in [2.05, 4.69) is 35.8 Å². The highest BCUT2D eigenvalue weighted by Crippen LogP contribution is 2.33. The van der Waals surface area contributed by atoms with Gasteiger partial charge in [0.05, 0.1) is 47.5 Å². The number of hydrogen-bond donors (Lipinski definition) is 3. The summed E-state index contributed by atoms with van der Waals surface area (Å²) in [7, 11) is 0. The van der Waals surface area contributed by atoms with Gasteiger partial charge in [-0.15, -0.1) is 5.10 Å². The summed E-state index contributed by atoms with van der Waals surface area (Å²) in [5, 5.41) is 30.5. The fourth-order valence-electron chi connectivity index (χ4n) is 5.45. The molecule has 1 aliphatic heterocycles. The van der Waals surface area contributed by atoms with Crippen molar-refractivity contribution in [3.8, 4) is 34.0 Å². The number of hydrogen-bond acceptors (Lipinski definition) is 9. The number of H-pyrrole nitrogens is 1. The highest BCUT2D eigenvalue weighted by atomic mass is 35.5. The van der Waals surface area contributed by atoms with Gasteiger partial charge in [-0.05, 0) is 43.2 Å². The molecule has 1 aliphatic rings. The minimum absolute atomic E-state index is 0.113. The molecule has 0 unspecified atom stereocenters. The number of nitrogens with zero attached hydrogens (tertiary/aromatic N) is 9. The van der Waals surface area contributed by atoms with Crippen LogP contribution in [0.25, 0.3) is 34.0 Å². The number of aromatic nitrogens is 10. The van der Waals surface area contributed by atoms with Crippen molar-refractivity contribution >= 4 is 40.8 Å². The van der Waals surface area contributed by atoms with Crippen LogP contribution < -0.4 is 10.9 Å². The van der Waals surface area contributed by atoms with Crippen LogP contribution in [0.5, 0.6) is 0 Å². The fraction of sp³-hybridized carbons (Fsp3) is 0.219. The first-order valence-electron chi connectivity index (χ1n) is 15.4. The number of amides is 1. The number of benzene rings is 1. The van der Waals surface area contributed by atoms with Gasteiger partial charge in [0.1, 0.15) is 5.69 Å². The second kappa shape index (κ2) is 14.8. The van der Waals surface area contributed by atoms with Gasteiger partial charge < -0.3 is 10.4 Å². The first-order chi connectivity index (χ1) is 24.8. The molecule has 0 fully saturated rings. The summed E-state index contributed by atoms with van der Waals surface area (Å²) in [5.41, 5.74) is 3.85. The number of carboxylic acid groups (broad SMARTS) is 1. The van der Waals surface area contributed by atoms with Crippen LogP contribution >= 0.6 is 23.2 Å². The van der Waals surface area contributed by atoms with Gasteiger partial charge in [0, 0.05) is 46.6 Å². The lowest BCUT2D eigenvalue weighted by Crippen LogP contribution is -2.27. The minimum atomic E-state index is -5.08. The van der Waals surface area contributed by atoms with Crippen LogP contribution in [0.15, 0.2) is 78.4 Å². The monoisotopic (exact) mass is 755 g/mol. The van der Waals surface area contributed by atoms with E-state index in [-0.39, 0.29) is 22.5 Å². The molecule has 0 aliphatic carbocycles. The average molecular weight is 757 g/mol. The van der Waals surface area contributed by atoms with Crippen molar-refractivity contribution in [2.75, 3.05) is 5.32 Å². The first kappa shape index (κ1) is 35.9. The molecule has 6 heterocycles. The van der Waals surface area contributed by atoms with Crippen molar-refractivity contribution in [1.82, 2.24) is 49.5 Å². The van der Waals surface area contributed by atoms with E-state index in [0.717, 1.165) is 5.56 Å². The molecule has 5 aromatic heterocycles. The van der Waals surface area contributed by atoms with Crippen LogP contribution in [0.4, 0.5) is 18.9 Å². The number of nitrogens with one attached hydrogen (secondary N) is 2. The van der Waals surface area contributed by atoms with E-state index < -0.39 is 18.2 Å². The molecule has 3 N–H and O–H groups in total. The van der Waals surface area contributed by atoms with E-state index in [9.17, 15) is 22.8 Å². The predicted octanol–water partition coefficient (Wildman–Crippen LogP) is 5.75. The molecule has 0 radical (unpaired) electrons. The number of carboxylic acids is 1. The maximum atomic E-state index is 13.8. The minimum Gasteiger partial charge on any atom is -0.475 e. The van der Waals surface area contributed by atoms with Crippen molar-refractivity contribution in [3.63, 3.8) is 0 Å². The van der Waals surface area contributed by atoms with Gasteiger partial charge in [0.2, 0.25) is 5.91 Å². The van der Waals surface area contributed by atoms with E-state index >= 15 is 0 Å². The highest BCUT2D eigenvalue weighted by Gasteiger charge is 2.38. The molecule has 268 valence electrons. The predicted molar refractivity (Wildman–Crippen MR) is 181 cm³/mol. The Labute approximate surface area is 301 Å². The third-order valence-corrected chi connectivity index (χ3v) is 8.42. The zero-order chi connectivity index (χ0) is 37.2. The molecule has 7 rings (SSSR count). The van der Waals surface area contributed by atoms with Gasteiger partial charge in [0.15, 0.2) is 11.0 Å². The Bertz CT molecular complexity index is 2300. The van der Waals surface area contributed by atoms with Crippen molar-refractivity contribution < 1.29 is 27.9 Å². The zero-order valence-corrected chi connectivity index (χ0v) is 28.3. The van der Waals surface area contributed by atoms with E-state index in [1.807, 2.05) is 19.1 Å². The van der Waals surface area contributed by atoms with Crippen LogP contribution in [0.3, 0.4) is 0 Å². The Kier molecular flexibility index (Phi) is 10.2. The van der Waals surface area contributed by atoms with Gasteiger partial charge in [-0.1, -0.05) is 41.8 Å². The lowest BCUT2D eigenvalue weighted by atomic mass is 9.97. The molecular weight excluding hydrogens is 730 g/mol. The molecule has 1 amide bonds. The van der Waals surface area contributed by atoms with E-state index in [1.54, 1.807) is 58.3 Å². The molecule has 2 bridgehead atoms. The standard InChI is InChI=1S/C30H25Cl2N11O2.C2HF3O2/c1-17-3-2-4-25(22-11-18(7-9-33-22)29-23(36-30(17)45)14-43(39-29)27-8-10-35-38-27)41-16-34-21(13-28(41)44)20-12-19(31)5-6-24(20)42-15-26(32)37-40-42;3-2(4,5)1(6)7/h5-17,25H,2-4H2,1H3,(H,35,38)(H,36,45);(H,6,7)/t17-,25+;/m1./s1. The second-order valence-electron chi connectivity index (χ2n) is 11.5. The number of aliphatic carboxylic acids is 1. The van der Waals surface area contributed by atoms with Crippen LogP contribution in [-0.4, -0.2) is 72.7 Å². The zero-order valence-electron chi connectivity index (χ0n) is 26.8. The van der Waals surface area contributed by atoms with Gasteiger partial charge >= 0.3 is 12.1 Å². The van der Waals surface area contributed by atoms with Crippen molar-refractivity contribution in [3.05, 3.63) is 99.8 Å². The number of pyridine rings is 1. The summed E-state index contributed by atoms with van der Waals surface area (Å²) >= 11 is 12.3. The summed E-state index contributed by atoms with van der Waals surface area (Å²) in [6, 6.07) is 11.7. The summed E-state index contributed by atoms with van der Waals surface area (Å²) in [6.07, 6.45) is 4.96. The number of anilines is 1. The van der Waals surface area contributed by atoms with E-state index in [1.165, 1.54) is 17.1 Å². The fourth-order valence-corrected chi connectivity index (χ4v) is 5.75. The molecule has 20 heteroatoms. The highest BCUT2D eigenvalue weighted by molar-refractivity contribution is 6.31. The van der Waals surface area contributed by atoms with Crippen molar-refractivity contribution in [2.45, 2.75) is 38.4 Å². The number of rotatable bonds is 4. The number of alkyl halides is 3. The Morgan fingerprint density at radius 2 is 1.81 bits per heavy atom. The maximum Gasteiger partial charge on any atom is 0.490 e. The van der Waals surface area contributed by atoms with Crippen LogP contribution in [0.1, 0.15) is 37.9 Å².